The van der Waals surface area contributed by atoms with E-state index in [1.54, 1.807) is 6.20 Å². The van der Waals surface area contributed by atoms with Gasteiger partial charge in [-0.15, -0.1) is 0 Å². The zero-order valence-corrected chi connectivity index (χ0v) is 11.8. The van der Waals surface area contributed by atoms with Crippen molar-refractivity contribution in [3.63, 3.8) is 0 Å². The molecule has 0 aliphatic carbocycles. The van der Waals surface area contributed by atoms with E-state index in [-0.39, 0.29) is 0 Å². The van der Waals surface area contributed by atoms with Gasteiger partial charge in [-0.2, -0.15) is 5.10 Å². The standard InChI is InChI=1S/C15H21N3O/c1-4-16-9-13-5-7-14(8-6-13)19-15-10-17-18(11-15)12(2)3/h5-8,10-12,16H,4,9H2,1-3H3. The van der Waals surface area contributed by atoms with Gasteiger partial charge < -0.3 is 10.1 Å². The molecule has 0 amide bonds. The molecule has 1 N–H and O–H groups in total. The lowest BCUT2D eigenvalue weighted by Crippen LogP contribution is -2.11. The second-order valence-corrected chi connectivity index (χ2v) is 4.78. The summed E-state index contributed by atoms with van der Waals surface area (Å²) in [4.78, 5) is 0. The van der Waals surface area contributed by atoms with Gasteiger partial charge in [0.05, 0.1) is 12.4 Å². The molecule has 0 unspecified atom stereocenters. The minimum Gasteiger partial charge on any atom is -0.454 e. The molecule has 1 aromatic heterocycles. The van der Waals surface area contributed by atoms with E-state index < -0.39 is 0 Å². The van der Waals surface area contributed by atoms with Crippen LogP contribution in [0.4, 0.5) is 0 Å². The van der Waals surface area contributed by atoms with E-state index in [0.717, 1.165) is 24.6 Å². The van der Waals surface area contributed by atoms with E-state index in [1.165, 1.54) is 5.56 Å². The molecular formula is C15H21N3O. The summed E-state index contributed by atoms with van der Waals surface area (Å²) in [6.45, 7) is 8.15. The van der Waals surface area contributed by atoms with Crippen molar-refractivity contribution in [3.05, 3.63) is 42.2 Å². The molecule has 0 atom stereocenters. The Morgan fingerprint density at radius 2 is 1.95 bits per heavy atom. The first-order valence-electron chi connectivity index (χ1n) is 6.70. The van der Waals surface area contributed by atoms with Gasteiger partial charge in [-0.25, -0.2) is 0 Å². The number of aromatic nitrogens is 2. The first-order chi connectivity index (χ1) is 9.19. The van der Waals surface area contributed by atoms with E-state index in [4.69, 9.17) is 4.74 Å². The molecule has 0 saturated heterocycles. The monoisotopic (exact) mass is 259 g/mol. The van der Waals surface area contributed by atoms with E-state index in [0.29, 0.717) is 6.04 Å². The first-order valence-corrected chi connectivity index (χ1v) is 6.70. The molecule has 0 aliphatic rings. The van der Waals surface area contributed by atoms with Crippen molar-refractivity contribution in [3.8, 4) is 11.5 Å². The van der Waals surface area contributed by atoms with Crippen LogP contribution < -0.4 is 10.1 Å². The van der Waals surface area contributed by atoms with Crippen LogP contribution in [0.25, 0.3) is 0 Å². The molecule has 4 heteroatoms. The van der Waals surface area contributed by atoms with Crippen LogP contribution in [0.15, 0.2) is 36.7 Å². The highest BCUT2D eigenvalue weighted by Gasteiger charge is 2.03. The maximum atomic E-state index is 5.76. The van der Waals surface area contributed by atoms with Gasteiger partial charge in [-0.05, 0) is 38.1 Å². The second kappa shape index (κ2) is 6.38. The first kappa shape index (κ1) is 13.6. The average molecular weight is 259 g/mol. The Hall–Kier alpha value is -1.81. The van der Waals surface area contributed by atoms with E-state index >= 15 is 0 Å². The maximum Gasteiger partial charge on any atom is 0.165 e. The topological polar surface area (TPSA) is 39.1 Å². The summed E-state index contributed by atoms with van der Waals surface area (Å²) in [7, 11) is 0. The lowest BCUT2D eigenvalue weighted by molar-refractivity contribution is 0.477. The number of benzene rings is 1. The Morgan fingerprint density at radius 1 is 1.21 bits per heavy atom. The van der Waals surface area contributed by atoms with Crippen molar-refractivity contribution in [2.75, 3.05) is 6.54 Å². The molecule has 0 aliphatic heterocycles. The van der Waals surface area contributed by atoms with Crippen molar-refractivity contribution in [1.82, 2.24) is 15.1 Å². The Bertz CT molecular complexity index is 502. The smallest absolute Gasteiger partial charge is 0.165 e. The van der Waals surface area contributed by atoms with Crippen LogP contribution in [0.2, 0.25) is 0 Å². The van der Waals surface area contributed by atoms with Crippen LogP contribution in [0.1, 0.15) is 32.4 Å². The quantitative estimate of drug-likeness (QED) is 0.864. The molecule has 0 radical (unpaired) electrons. The molecule has 1 aromatic carbocycles. The number of hydrogen-bond donors (Lipinski definition) is 1. The summed E-state index contributed by atoms with van der Waals surface area (Å²) >= 11 is 0. The summed E-state index contributed by atoms with van der Waals surface area (Å²) < 4.78 is 7.65. The minimum atomic E-state index is 0.347. The van der Waals surface area contributed by atoms with Crippen LogP contribution in [0.5, 0.6) is 11.5 Å². The van der Waals surface area contributed by atoms with Gasteiger partial charge in [0.25, 0.3) is 0 Å². The van der Waals surface area contributed by atoms with Crippen LogP contribution in [0.3, 0.4) is 0 Å². The molecule has 1 heterocycles. The lowest BCUT2D eigenvalue weighted by atomic mass is 10.2. The summed E-state index contributed by atoms with van der Waals surface area (Å²) in [5.41, 5.74) is 1.26. The number of nitrogens with zero attached hydrogens (tertiary/aromatic N) is 2. The van der Waals surface area contributed by atoms with Gasteiger partial charge in [0.15, 0.2) is 5.75 Å². The highest BCUT2D eigenvalue weighted by Crippen LogP contribution is 2.22. The predicted octanol–water partition coefficient (Wildman–Crippen LogP) is 3.37. The van der Waals surface area contributed by atoms with Gasteiger partial charge in [0.2, 0.25) is 0 Å². The largest absolute Gasteiger partial charge is 0.454 e. The second-order valence-electron chi connectivity index (χ2n) is 4.78. The highest BCUT2D eigenvalue weighted by molar-refractivity contribution is 5.31. The lowest BCUT2D eigenvalue weighted by Gasteiger charge is -2.06. The number of ether oxygens (including phenoxy) is 1. The molecule has 102 valence electrons. The number of hydrogen-bond acceptors (Lipinski definition) is 3. The van der Waals surface area contributed by atoms with Gasteiger partial charge >= 0.3 is 0 Å². The Labute approximate surface area is 114 Å². The van der Waals surface area contributed by atoms with Crippen molar-refractivity contribution in [2.45, 2.75) is 33.4 Å². The zero-order valence-electron chi connectivity index (χ0n) is 11.8. The van der Waals surface area contributed by atoms with Gasteiger partial charge in [0.1, 0.15) is 5.75 Å². The fourth-order valence-corrected chi connectivity index (χ4v) is 1.74. The van der Waals surface area contributed by atoms with Crippen molar-refractivity contribution in [1.29, 1.82) is 0 Å². The van der Waals surface area contributed by atoms with E-state index in [2.05, 4.69) is 43.3 Å². The summed E-state index contributed by atoms with van der Waals surface area (Å²) in [5.74, 6) is 1.61. The molecule has 0 fully saturated rings. The molecular weight excluding hydrogens is 238 g/mol. The molecule has 4 nitrogen and oxygen atoms in total. The van der Waals surface area contributed by atoms with Gasteiger partial charge in [-0.1, -0.05) is 19.1 Å². The predicted molar refractivity (Wildman–Crippen MR) is 76.5 cm³/mol. The average Bonchev–Trinajstić information content (AvgIpc) is 2.87. The minimum absolute atomic E-state index is 0.347. The fourth-order valence-electron chi connectivity index (χ4n) is 1.74. The van der Waals surface area contributed by atoms with Crippen LogP contribution in [-0.2, 0) is 6.54 Å². The van der Waals surface area contributed by atoms with Gasteiger partial charge in [-0.3, -0.25) is 4.68 Å². The van der Waals surface area contributed by atoms with Crippen molar-refractivity contribution >= 4 is 0 Å². The summed E-state index contributed by atoms with van der Waals surface area (Å²) in [6, 6.07) is 8.47. The van der Waals surface area contributed by atoms with Crippen molar-refractivity contribution in [2.24, 2.45) is 0 Å². The molecule has 0 bridgehead atoms. The number of nitrogens with one attached hydrogen (secondary N) is 1. The fraction of sp³-hybridized carbons (Fsp3) is 0.400. The maximum absolute atomic E-state index is 5.76. The van der Waals surface area contributed by atoms with Crippen LogP contribution in [0, 0.1) is 0 Å². The molecule has 19 heavy (non-hydrogen) atoms. The number of rotatable bonds is 6. The van der Waals surface area contributed by atoms with Crippen molar-refractivity contribution < 1.29 is 4.74 Å². The SMILES string of the molecule is CCNCc1ccc(Oc2cnn(C(C)C)c2)cc1. The third-order valence-electron chi connectivity index (χ3n) is 2.85. The van der Waals surface area contributed by atoms with Gasteiger partial charge in [0, 0.05) is 12.6 Å². The molecule has 0 spiro atoms. The Balaban J connectivity index is 1.98. The Kier molecular flexibility index (Phi) is 4.58. The zero-order chi connectivity index (χ0) is 13.7. The Morgan fingerprint density at radius 3 is 2.53 bits per heavy atom. The van der Waals surface area contributed by atoms with E-state index in [9.17, 15) is 0 Å². The molecule has 0 saturated carbocycles. The third kappa shape index (κ3) is 3.83. The molecule has 2 rings (SSSR count). The van der Waals surface area contributed by atoms with E-state index in [1.807, 2.05) is 23.0 Å². The van der Waals surface area contributed by atoms with Crippen LogP contribution >= 0.6 is 0 Å². The van der Waals surface area contributed by atoms with Crippen LogP contribution in [-0.4, -0.2) is 16.3 Å². The third-order valence-corrected chi connectivity index (χ3v) is 2.85. The highest BCUT2D eigenvalue weighted by atomic mass is 16.5. The summed E-state index contributed by atoms with van der Waals surface area (Å²) in [6.07, 6.45) is 3.66. The molecule has 2 aromatic rings. The normalized spacial score (nSPS) is 10.9. The summed E-state index contributed by atoms with van der Waals surface area (Å²) in [5, 5.41) is 7.55.